The van der Waals surface area contributed by atoms with E-state index in [1.54, 1.807) is 0 Å². The molecule has 0 aliphatic carbocycles. The van der Waals surface area contributed by atoms with Crippen LogP contribution in [0.1, 0.15) is 0 Å². The van der Waals surface area contributed by atoms with E-state index < -0.39 is 0 Å². The Morgan fingerprint density at radius 1 is 1.00 bits per heavy atom. The number of hydrogen-bond acceptors (Lipinski definition) is 2. The molecule has 0 fully saturated rings. The molecule has 0 radical (unpaired) electrons. The van der Waals surface area contributed by atoms with Gasteiger partial charge in [0.25, 0.3) is 0 Å². The van der Waals surface area contributed by atoms with Crippen LogP contribution in [-0.4, -0.2) is 28.0 Å². The number of fused-ring (bicyclic) bond motifs is 1. The second-order valence-electron chi connectivity index (χ2n) is 5.58. The summed E-state index contributed by atoms with van der Waals surface area (Å²) in [6, 6.07) is 18.7. The Morgan fingerprint density at radius 3 is 2.22 bits per heavy atom. The summed E-state index contributed by atoms with van der Waals surface area (Å²) in [7, 11) is 6.03. The minimum atomic E-state index is 0.517. The monoisotopic (exact) mass is 341 g/mol. The number of para-hydroxylation sites is 1. The molecule has 2 aromatic carbocycles. The summed E-state index contributed by atoms with van der Waals surface area (Å²) in [6.07, 6.45) is 0. The highest BCUT2D eigenvalue weighted by Crippen LogP contribution is 2.40. The number of nitrogens with zero attached hydrogens (tertiary/aromatic N) is 3. The third-order valence-corrected chi connectivity index (χ3v) is 4.28. The molecule has 0 spiro atoms. The van der Waals surface area contributed by atoms with Crippen molar-refractivity contribution in [3.63, 3.8) is 0 Å². The topological polar surface area (TPSA) is 11.4 Å². The van der Waals surface area contributed by atoms with Crippen LogP contribution in [0.15, 0.2) is 54.6 Å². The lowest BCUT2D eigenvalue weighted by Crippen LogP contribution is -2.39. The van der Waals surface area contributed by atoms with Gasteiger partial charge in [0, 0.05) is 32.1 Å². The lowest BCUT2D eigenvalue weighted by Gasteiger charge is -2.30. The van der Waals surface area contributed by atoms with Crippen LogP contribution < -0.4 is 5.01 Å². The van der Waals surface area contributed by atoms with E-state index in [1.165, 1.54) is 0 Å². The standard InChI is InChI=1S/C18H19N3S2/c1-19(2)21(18(22)23)17-14-11-7-8-12-15(14)20(3)16(17)13-9-5-4-6-10-13/h4-12H,1-3H3,(H,22,23). The van der Waals surface area contributed by atoms with E-state index in [-0.39, 0.29) is 0 Å². The van der Waals surface area contributed by atoms with Crippen molar-refractivity contribution in [3.8, 4) is 11.3 Å². The van der Waals surface area contributed by atoms with E-state index in [0.717, 1.165) is 27.8 Å². The number of aromatic nitrogens is 1. The van der Waals surface area contributed by atoms with Gasteiger partial charge in [-0.1, -0.05) is 60.7 Å². The Bertz CT molecular complexity index is 853. The summed E-state index contributed by atoms with van der Waals surface area (Å²) in [5.41, 5.74) is 4.49. The Labute approximate surface area is 147 Å². The Balaban J connectivity index is 2.41. The van der Waals surface area contributed by atoms with Gasteiger partial charge in [-0.3, -0.25) is 5.01 Å². The molecule has 3 rings (SSSR count). The predicted molar refractivity (Wildman–Crippen MR) is 106 cm³/mol. The number of hydrazine groups is 1. The zero-order valence-corrected chi connectivity index (χ0v) is 15.1. The molecule has 0 N–H and O–H groups in total. The number of hydrogen-bond donors (Lipinski definition) is 1. The number of thiol groups is 1. The molecule has 3 nitrogen and oxygen atoms in total. The molecule has 0 aliphatic rings. The van der Waals surface area contributed by atoms with E-state index in [9.17, 15) is 0 Å². The van der Waals surface area contributed by atoms with Crippen molar-refractivity contribution in [2.75, 3.05) is 19.1 Å². The van der Waals surface area contributed by atoms with Gasteiger partial charge >= 0.3 is 0 Å². The number of thiocarbonyl (C=S) groups is 1. The number of anilines is 1. The van der Waals surface area contributed by atoms with Gasteiger partial charge in [-0.2, -0.15) is 0 Å². The van der Waals surface area contributed by atoms with Crippen LogP contribution in [0, 0.1) is 0 Å². The molecule has 3 aromatic rings. The van der Waals surface area contributed by atoms with Crippen LogP contribution in [0.4, 0.5) is 5.69 Å². The van der Waals surface area contributed by atoms with E-state index >= 15 is 0 Å². The maximum Gasteiger partial charge on any atom is 0.152 e. The van der Waals surface area contributed by atoms with Gasteiger partial charge in [0.15, 0.2) is 4.32 Å². The normalized spacial score (nSPS) is 11.2. The highest BCUT2D eigenvalue weighted by Gasteiger charge is 2.24. The lowest BCUT2D eigenvalue weighted by atomic mass is 10.1. The molecule has 0 saturated carbocycles. The molecule has 0 bridgehead atoms. The van der Waals surface area contributed by atoms with Gasteiger partial charge in [0.05, 0.1) is 16.9 Å². The minimum absolute atomic E-state index is 0.517. The van der Waals surface area contributed by atoms with Crippen molar-refractivity contribution < 1.29 is 0 Å². The van der Waals surface area contributed by atoms with Crippen LogP contribution in [0.5, 0.6) is 0 Å². The Hall–Kier alpha value is -1.82. The third-order valence-electron chi connectivity index (χ3n) is 3.92. The van der Waals surface area contributed by atoms with Gasteiger partial charge in [-0.15, -0.1) is 12.6 Å². The van der Waals surface area contributed by atoms with Crippen molar-refractivity contribution in [2.45, 2.75) is 0 Å². The molecule has 1 aromatic heterocycles. The van der Waals surface area contributed by atoms with Crippen LogP contribution >= 0.6 is 24.8 Å². The smallest absolute Gasteiger partial charge is 0.152 e. The van der Waals surface area contributed by atoms with E-state index in [2.05, 4.69) is 72.8 Å². The zero-order chi connectivity index (χ0) is 16.6. The molecule has 23 heavy (non-hydrogen) atoms. The first-order valence-electron chi connectivity index (χ1n) is 7.35. The molecule has 0 amide bonds. The minimum Gasteiger partial charge on any atom is -0.342 e. The highest BCUT2D eigenvalue weighted by molar-refractivity contribution is 8.11. The molecule has 0 saturated heterocycles. The third kappa shape index (κ3) is 2.76. The van der Waals surface area contributed by atoms with Crippen LogP contribution in [-0.2, 0) is 7.05 Å². The van der Waals surface area contributed by atoms with Crippen molar-refractivity contribution in [1.82, 2.24) is 9.58 Å². The molecule has 0 atom stereocenters. The number of benzene rings is 2. The fraction of sp³-hybridized carbons (Fsp3) is 0.167. The fourth-order valence-electron chi connectivity index (χ4n) is 2.98. The Morgan fingerprint density at radius 2 is 1.61 bits per heavy atom. The maximum absolute atomic E-state index is 5.40. The first kappa shape index (κ1) is 16.1. The average Bonchev–Trinajstić information content (AvgIpc) is 2.81. The number of rotatable bonds is 3. The summed E-state index contributed by atoms with van der Waals surface area (Å²) in [5, 5.41) is 5.08. The van der Waals surface area contributed by atoms with Crippen molar-refractivity contribution in [3.05, 3.63) is 54.6 Å². The van der Waals surface area contributed by atoms with E-state index in [1.807, 2.05) is 30.2 Å². The van der Waals surface area contributed by atoms with Crippen molar-refractivity contribution >= 4 is 45.8 Å². The lowest BCUT2D eigenvalue weighted by molar-refractivity contribution is 0.435. The molecule has 1 heterocycles. The van der Waals surface area contributed by atoms with Crippen molar-refractivity contribution in [2.24, 2.45) is 7.05 Å². The van der Waals surface area contributed by atoms with Crippen LogP contribution in [0.2, 0.25) is 0 Å². The molecule has 5 heteroatoms. The van der Waals surface area contributed by atoms with Crippen LogP contribution in [0.3, 0.4) is 0 Å². The highest BCUT2D eigenvalue weighted by atomic mass is 32.1. The van der Waals surface area contributed by atoms with E-state index in [0.29, 0.717) is 4.32 Å². The molecular formula is C18H19N3S2. The van der Waals surface area contributed by atoms with Crippen LogP contribution in [0.25, 0.3) is 22.2 Å². The largest absolute Gasteiger partial charge is 0.342 e. The molecule has 0 aliphatic heterocycles. The van der Waals surface area contributed by atoms with Gasteiger partial charge in [0.2, 0.25) is 0 Å². The fourth-order valence-corrected chi connectivity index (χ4v) is 3.51. The van der Waals surface area contributed by atoms with Gasteiger partial charge < -0.3 is 4.57 Å². The van der Waals surface area contributed by atoms with Gasteiger partial charge in [-0.25, -0.2) is 5.01 Å². The quantitative estimate of drug-likeness (QED) is 0.432. The Kier molecular flexibility index (Phi) is 4.43. The van der Waals surface area contributed by atoms with Crippen molar-refractivity contribution in [1.29, 1.82) is 0 Å². The SMILES string of the molecule is CN(C)N(C(=S)S)c1c(-c2ccccc2)n(C)c2ccccc12. The van der Waals surface area contributed by atoms with Gasteiger partial charge in [-0.05, 0) is 6.07 Å². The summed E-state index contributed by atoms with van der Waals surface area (Å²) in [6.45, 7) is 0. The first-order chi connectivity index (χ1) is 11.0. The second kappa shape index (κ2) is 6.35. The number of aryl methyl sites for hydroxylation is 1. The molecular weight excluding hydrogens is 322 g/mol. The summed E-state index contributed by atoms with van der Waals surface area (Å²) >= 11 is 9.84. The maximum atomic E-state index is 5.40. The average molecular weight is 342 g/mol. The molecule has 118 valence electrons. The summed E-state index contributed by atoms with van der Waals surface area (Å²) < 4.78 is 2.73. The summed E-state index contributed by atoms with van der Waals surface area (Å²) in [4.78, 5) is 0. The van der Waals surface area contributed by atoms with Gasteiger partial charge in [0.1, 0.15) is 0 Å². The van der Waals surface area contributed by atoms with E-state index in [4.69, 9.17) is 12.2 Å². The summed E-state index contributed by atoms with van der Waals surface area (Å²) in [5.74, 6) is 0. The first-order valence-corrected chi connectivity index (χ1v) is 8.21. The second-order valence-corrected chi connectivity index (χ2v) is 6.69. The predicted octanol–water partition coefficient (Wildman–Crippen LogP) is 4.34. The molecule has 0 unspecified atom stereocenters. The zero-order valence-electron chi connectivity index (χ0n) is 13.4.